The van der Waals surface area contributed by atoms with Crippen LogP contribution in [0.5, 0.6) is 0 Å². The van der Waals surface area contributed by atoms with Gasteiger partial charge in [-0.2, -0.15) is 10.1 Å². The SMILES string of the molecule is CC(C)(C)c1ccc(-c2noc(-c3cc4n(n3)C[C@H](c3ccc(F)cc3)OC4)n2)cc1. The van der Waals surface area contributed by atoms with Gasteiger partial charge in [0.25, 0.3) is 5.89 Å². The molecule has 1 aliphatic heterocycles. The van der Waals surface area contributed by atoms with Crippen LogP contribution in [0.3, 0.4) is 0 Å². The topological polar surface area (TPSA) is 66.0 Å². The molecule has 0 saturated heterocycles. The zero-order valence-electron chi connectivity index (χ0n) is 17.7. The molecule has 0 N–H and O–H groups in total. The lowest BCUT2D eigenvalue weighted by atomic mass is 9.87. The first kappa shape index (κ1) is 19.6. The fourth-order valence-electron chi connectivity index (χ4n) is 3.67. The van der Waals surface area contributed by atoms with E-state index < -0.39 is 0 Å². The number of hydrogen-bond donors (Lipinski definition) is 0. The van der Waals surface area contributed by atoms with Crippen molar-refractivity contribution in [3.05, 3.63) is 77.2 Å². The first-order valence-corrected chi connectivity index (χ1v) is 10.3. The minimum Gasteiger partial charge on any atom is -0.365 e. The molecule has 0 fully saturated rings. The van der Waals surface area contributed by atoms with Gasteiger partial charge in [0.1, 0.15) is 11.9 Å². The molecular formula is C24H23FN4O2. The number of ether oxygens (including phenoxy) is 1. The van der Waals surface area contributed by atoms with Crippen molar-refractivity contribution in [1.82, 2.24) is 19.9 Å². The van der Waals surface area contributed by atoms with E-state index in [4.69, 9.17) is 9.26 Å². The van der Waals surface area contributed by atoms with Gasteiger partial charge in [-0.05, 0) is 34.7 Å². The zero-order valence-corrected chi connectivity index (χ0v) is 17.7. The summed E-state index contributed by atoms with van der Waals surface area (Å²) in [6.45, 7) is 7.48. The number of aromatic nitrogens is 4. The van der Waals surface area contributed by atoms with Gasteiger partial charge in [0.15, 0.2) is 5.69 Å². The van der Waals surface area contributed by atoms with Crippen molar-refractivity contribution in [1.29, 1.82) is 0 Å². The molecule has 1 aliphatic rings. The van der Waals surface area contributed by atoms with Gasteiger partial charge in [0, 0.05) is 5.56 Å². The van der Waals surface area contributed by atoms with E-state index in [-0.39, 0.29) is 17.3 Å². The fraction of sp³-hybridized carbons (Fsp3) is 0.292. The summed E-state index contributed by atoms with van der Waals surface area (Å²) in [7, 11) is 0. The number of nitrogens with zero attached hydrogens (tertiary/aromatic N) is 4. The van der Waals surface area contributed by atoms with E-state index >= 15 is 0 Å². The third kappa shape index (κ3) is 3.88. The van der Waals surface area contributed by atoms with Crippen LogP contribution in [0.15, 0.2) is 59.1 Å². The van der Waals surface area contributed by atoms with Crippen molar-refractivity contribution in [2.75, 3.05) is 0 Å². The van der Waals surface area contributed by atoms with E-state index in [0.717, 1.165) is 16.8 Å². The van der Waals surface area contributed by atoms with Gasteiger partial charge in [-0.15, -0.1) is 0 Å². The van der Waals surface area contributed by atoms with E-state index in [2.05, 4.69) is 48.1 Å². The lowest BCUT2D eigenvalue weighted by molar-refractivity contribution is -0.00116. The predicted molar refractivity (Wildman–Crippen MR) is 114 cm³/mol. The van der Waals surface area contributed by atoms with Gasteiger partial charge < -0.3 is 9.26 Å². The van der Waals surface area contributed by atoms with Crippen molar-refractivity contribution in [2.24, 2.45) is 0 Å². The van der Waals surface area contributed by atoms with Crippen LogP contribution >= 0.6 is 0 Å². The van der Waals surface area contributed by atoms with Crippen molar-refractivity contribution < 1.29 is 13.7 Å². The molecule has 0 amide bonds. The van der Waals surface area contributed by atoms with Crippen molar-refractivity contribution in [2.45, 2.75) is 45.4 Å². The molecule has 0 radical (unpaired) electrons. The van der Waals surface area contributed by atoms with Gasteiger partial charge >= 0.3 is 0 Å². The van der Waals surface area contributed by atoms with Crippen LogP contribution in [0.25, 0.3) is 23.0 Å². The second kappa shape index (κ2) is 7.42. The lowest BCUT2D eigenvalue weighted by Crippen LogP contribution is -2.21. The molecule has 2 aromatic carbocycles. The van der Waals surface area contributed by atoms with Gasteiger partial charge in [0.05, 0.1) is 18.8 Å². The summed E-state index contributed by atoms with van der Waals surface area (Å²) >= 11 is 0. The van der Waals surface area contributed by atoms with Gasteiger partial charge in [-0.3, -0.25) is 4.68 Å². The smallest absolute Gasteiger partial charge is 0.278 e. The van der Waals surface area contributed by atoms with E-state index in [9.17, 15) is 4.39 Å². The maximum absolute atomic E-state index is 13.2. The van der Waals surface area contributed by atoms with Crippen LogP contribution < -0.4 is 0 Å². The second-order valence-corrected chi connectivity index (χ2v) is 8.80. The molecule has 158 valence electrons. The Labute approximate surface area is 179 Å². The Balaban J connectivity index is 1.36. The number of fused-ring (bicyclic) bond motifs is 1. The van der Waals surface area contributed by atoms with Crippen LogP contribution in [0.4, 0.5) is 4.39 Å². The summed E-state index contributed by atoms with van der Waals surface area (Å²) in [6, 6.07) is 16.5. The molecule has 1 atom stereocenters. The number of benzene rings is 2. The molecule has 0 unspecified atom stereocenters. The van der Waals surface area contributed by atoms with Gasteiger partial charge in [-0.1, -0.05) is 62.3 Å². The molecule has 2 aromatic heterocycles. The molecule has 6 nitrogen and oxygen atoms in total. The first-order valence-electron chi connectivity index (χ1n) is 10.3. The highest BCUT2D eigenvalue weighted by molar-refractivity contribution is 5.58. The zero-order chi connectivity index (χ0) is 21.6. The Morgan fingerprint density at radius 3 is 2.48 bits per heavy atom. The summed E-state index contributed by atoms with van der Waals surface area (Å²) in [4.78, 5) is 4.54. The van der Waals surface area contributed by atoms with Gasteiger partial charge in [-0.25, -0.2) is 4.39 Å². The minimum atomic E-state index is -0.262. The molecule has 4 aromatic rings. The Bertz CT molecular complexity index is 1200. The Morgan fingerprint density at radius 1 is 1.03 bits per heavy atom. The first-order chi connectivity index (χ1) is 14.9. The molecule has 5 rings (SSSR count). The van der Waals surface area contributed by atoms with E-state index in [1.54, 1.807) is 12.1 Å². The van der Waals surface area contributed by atoms with Gasteiger partial charge in [0.2, 0.25) is 5.82 Å². The third-order valence-electron chi connectivity index (χ3n) is 5.53. The highest BCUT2D eigenvalue weighted by Crippen LogP contribution is 2.30. The second-order valence-electron chi connectivity index (χ2n) is 8.80. The molecule has 0 bridgehead atoms. The number of rotatable bonds is 3. The van der Waals surface area contributed by atoms with Crippen molar-refractivity contribution in [3.8, 4) is 23.0 Å². The summed E-state index contributed by atoms with van der Waals surface area (Å²) in [5, 5.41) is 8.76. The lowest BCUT2D eigenvalue weighted by Gasteiger charge is -2.24. The van der Waals surface area contributed by atoms with Crippen LogP contribution in [0.1, 0.15) is 43.7 Å². The molecule has 0 spiro atoms. The highest BCUT2D eigenvalue weighted by Gasteiger charge is 2.24. The summed E-state index contributed by atoms with van der Waals surface area (Å²) in [5.41, 5.74) is 4.70. The van der Waals surface area contributed by atoms with E-state index in [1.165, 1.54) is 17.7 Å². The average molecular weight is 418 g/mol. The predicted octanol–water partition coefficient (Wildman–Crippen LogP) is 5.31. The monoisotopic (exact) mass is 418 g/mol. The third-order valence-corrected chi connectivity index (χ3v) is 5.53. The maximum Gasteiger partial charge on any atom is 0.278 e. The Kier molecular flexibility index (Phi) is 4.70. The highest BCUT2D eigenvalue weighted by atomic mass is 19.1. The summed E-state index contributed by atoms with van der Waals surface area (Å²) in [5.74, 6) is 0.638. The standard InChI is InChI=1S/C24H23FN4O2/c1-24(2,3)17-8-4-16(5-9-17)22-26-23(31-28-22)20-12-19-14-30-21(13-29(19)27-20)15-6-10-18(25)11-7-15/h4-12,21H,13-14H2,1-3H3/t21-/m1/s1. The molecule has 31 heavy (non-hydrogen) atoms. The molecule has 3 heterocycles. The van der Waals surface area contributed by atoms with E-state index in [1.807, 2.05) is 22.9 Å². The molecule has 0 saturated carbocycles. The van der Waals surface area contributed by atoms with Crippen LogP contribution in [0.2, 0.25) is 0 Å². The molecular weight excluding hydrogens is 395 g/mol. The number of hydrogen-bond acceptors (Lipinski definition) is 5. The minimum absolute atomic E-state index is 0.0876. The Hall–Kier alpha value is -3.32. The van der Waals surface area contributed by atoms with Crippen LogP contribution in [-0.2, 0) is 23.3 Å². The fourth-order valence-corrected chi connectivity index (χ4v) is 3.67. The summed E-state index contributed by atoms with van der Waals surface area (Å²) in [6.07, 6.45) is -0.180. The summed E-state index contributed by atoms with van der Waals surface area (Å²) < 4.78 is 26.5. The number of halogens is 1. The average Bonchev–Trinajstić information content (AvgIpc) is 3.40. The molecule has 7 heteroatoms. The van der Waals surface area contributed by atoms with E-state index in [0.29, 0.717) is 30.6 Å². The van der Waals surface area contributed by atoms with Crippen LogP contribution in [-0.4, -0.2) is 19.9 Å². The van der Waals surface area contributed by atoms with Crippen molar-refractivity contribution in [3.63, 3.8) is 0 Å². The largest absolute Gasteiger partial charge is 0.365 e. The van der Waals surface area contributed by atoms with Crippen molar-refractivity contribution >= 4 is 0 Å². The van der Waals surface area contributed by atoms with Crippen LogP contribution in [0, 0.1) is 5.82 Å². The molecule has 0 aliphatic carbocycles. The quantitative estimate of drug-likeness (QED) is 0.451. The Morgan fingerprint density at radius 2 is 1.77 bits per heavy atom. The normalized spacial score (nSPS) is 16.3. The maximum atomic E-state index is 13.2.